The fourth-order valence-corrected chi connectivity index (χ4v) is 2.73. The first-order valence-electron chi connectivity index (χ1n) is 6.67. The van der Waals surface area contributed by atoms with Crippen molar-refractivity contribution in [2.24, 2.45) is 0 Å². The van der Waals surface area contributed by atoms with E-state index < -0.39 is 0 Å². The van der Waals surface area contributed by atoms with Crippen LogP contribution in [0.2, 0.25) is 0 Å². The molecule has 0 aliphatic rings. The van der Waals surface area contributed by atoms with Crippen LogP contribution in [-0.2, 0) is 5.75 Å². The number of nitrogens with zero attached hydrogens (tertiary/aromatic N) is 1. The molecule has 3 aromatic rings. The van der Waals surface area contributed by atoms with E-state index in [1.54, 1.807) is 23.9 Å². The average molecular weight is 335 g/mol. The Morgan fingerprint density at radius 2 is 1.68 bits per heavy atom. The predicted octanol–water partition coefficient (Wildman–Crippen LogP) is 5.17. The summed E-state index contributed by atoms with van der Waals surface area (Å²) in [5.41, 5.74) is 4.03. The molecule has 0 aliphatic heterocycles. The van der Waals surface area contributed by atoms with Crippen molar-refractivity contribution >= 4 is 24.2 Å². The number of H-pyrrole nitrogens is 1. The van der Waals surface area contributed by atoms with Gasteiger partial charge in [0.15, 0.2) is 0 Å². The first kappa shape index (κ1) is 16.6. The maximum Gasteiger partial charge on any atom is 0.138 e. The lowest BCUT2D eigenvalue weighted by molar-refractivity contribution is 0.628. The lowest BCUT2D eigenvalue weighted by Gasteiger charge is -2.00. The zero-order chi connectivity index (χ0) is 14.7. The molecule has 0 saturated carbocycles. The molecule has 5 heteroatoms. The maximum absolute atomic E-state index is 13.0. The molecule has 2 nitrogen and oxygen atoms in total. The summed E-state index contributed by atoms with van der Waals surface area (Å²) in [6, 6.07) is 16.5. The highest BCUT2D eigenvalue weighted by Crippen LogP contribution is 2.28. The Kier molecular flexibility index (Phi) is 5.63. The Hall–Kier alpha value is -1.78. The molecule has 1 aromatic heterocycles. The van der Waals surface area contributed by atoms with Crippen LogP contribution in [-0.4, -0.2) is 16.2 Å². The van der Waals surface area contributed by atoms with E-state index in [2.05, 4.69) is 23.4 Å². The Morgan fingerprint density at radius 1 is 1.00 bits per heavy atom. The third-order valence-electron chi connectivity index (χ3n) is 3.23. The number of rotatable bonds is 4. The fraction of sp³-hybridized carbons (Fsp3) is 0.118. The molecule has 114 valence electrons. The van der Waals surface area contributed by atoms with Gasteiger partial charge in [0.25, 0.3) is 0 Å². The summed E-state index contributed by atoms with van der Waals surface area (Å²) >= 11 is 1.74. The molecule has 0 unspecified atom stereocenters. The lowest BCUT2D eigenvalue weighted by atomic mass is 10.1. The number of aromatic amines is 1. The summed E-state index contributed by atoms with van der Waals surface area (Å²) in [7, 11) is 0. The SMILES string of the molecule is CSCc1[nH]c(-c2ccc(F)cc2)nc1-c1ccccc1.Cl. The number of halogens is 2. The van der Waals surface area contributed by atoms with E-state index in [1.165, 1.54) is 12.1 Å². The molecule has 2 aromatic carbocycles. The molecule has 0 bridgehead atoms. The molecule has 0 amide bonds. The van der Waals surface area contributed by atoms with Gasteiger partial charge in [-0.05, 0) is 30.5 Å². The fourth-order valence-electron chi connectivity index (χ4n) is 2.24. The van der Waals surface area contributed by atoms with Crippen LogP contribution in [0, 0.1) is 5.82 Å². The Labute approximate surface area is 139 Å². The number of hydrogen-bond donors (Lipinski definition) is 1. The van der Waals surface area contributed by atoms with Crippen LogP contribution < -0.4 is 0 Å². The summed E-state index contributed by atoms with van der Waals surface area (Å²) in [4.78, 5) is 8.07. The number of imidazole rings is 1. The van der Waals surface area contributed by atoms with E-state index in [4.69, 9.17) is 4.98 Å². The number of benzene rings is 2. The van der Waals surface area contributed by atoms with Gasteiger partial charge in [0.2, 0.25) is 0 Å². The van der Waals surface area contributed by atoms with Gasteiger partial charge in [-0.1, -0.05) is 30.3 Å². The van der Waals surface area contributed by atoms with E-state index in [-0.39, 0.29) is 18.2 Å². The molecule has 3 rings (SSSR count). The Morgan fingerprint density at radius 3 is 2.32 bits per heavy atom. The molecule has 22 heavy (non-hydrogen) atoms. The molecule has 0 radical (unpaired) electrons. The summed E-state index contributed by atoms with van der Waals surface area (Å²) < 4.78 is 13.0. The topological polar surface area (TPSA) is 28.7 Å². The zero-order valence-corrected chi connectivity index (χ0v) is 13.7. The molecular formula is C17H16ClFN2S. The number of nitrogens with one attached hydrogen (secondary N) is 1. The van der Waals surface area contributed by atoms with E-state index >= 15 is 0 Å². The standard InChI is InChI=1S/C17H15FN2S.ClH/c1-21-11-15-16(12-5-3-2-4-6-12)20-17(19-15)13-7-9-14(18)10-8-13;/h2-10H,11H2,1H3,(H,19,20);1H. The van der Waals surface area contributed by atoms with Crippen LogP contribution in [0.25, 0.3) is 22.6 Å². The monoisotopic (exact) mass is 334 g/mol. The molecule has 1 N–H and O–H groups in total. The van der Waals surface area contributed by atoms with Crippen molar-refractivity contribution in [3.8, 4) is 22.6 Å². The van der Waals surface area contributed by atoms with E-state index in [0.29, 0.717) is 0 Å². The maximum atomic E-state index is 13.0. The van der Waals surface area contributed by atoms with Crippen molar-refractivity contribution in [3.05, 3.63) is 66.1 Å². The normalized spacial score (nSPS) is 10.3. The molecule has 1 heterocycles. The van der Waals surface area contributed by atoms with Gasteiger partial charge in [-0.25, -0.2) is 9.37 Å². The molecule has 0 saturated heterocycles. The van der Waals surface area contributed by atoms with Crippen molar-refractivity contribution in [3.63, 3.8) is 0 Å². The summed E-state index contributed by atoms with van der Waals surface area (Å²) in [5.74, 6) is 1.40. The highest BCUT2D eigenvalue weighted by atomic mass is 35.5. The molecule has 0 spiro atoms. The van der Waals surface area contributed by atoms with Gasteiger partial charge in [-0.15, -0.1) is 12.4 Å². The van der Waals surface area contributed by atoms with Crippen molar-refractivity contribution in [2.75, 3.05) is 6.26 Å². The van der Waals surface area contributed by atoms with Crippen molar-refractivity contribution in [2.45, 2.75) is 5.75 Å². The van der Waals surface area contributed by atoms with Crippen molar-refractivity contribution < 1.29 is 4.39 Å². The van der Waals surface area contributed by atoms with Crippen LogP contribution in [0.4, 0.5) is 4.39 Å². The minimum Gasteiger partial charge on any atom is -0.341 e. The van der Waals surface area contributed by atoms with Gasteiger partial charge >= 0.3 is 0 Å². The number of aromatic nitrogens is 2. The van der Waals surface area contributed by atoms with Gasteiger partial charge in [-0.3, -0.25) is 0 Å². The highest BCUT2D eigenvalue weighted by Gasteiger charge is 2.12. The molecular weight excluding hydrogens is 319 g/mol. The van der Waals surface area contributed by atoms with E-state index in [9.17, 15) is 4.39 Å². The third kappa shape index (κ3) is 3.51. The molecule has 0 aliphatic carbocycles. The van der Waals surface area contributed by atoms with Crippen LogP contribution >= 0.6 is 24.2 Å². The number of hydrogen-bond acceptors (Lipinski definition) is 2. The van der Waals surface area contributed by atoms with Crippen LogP contribution in [0.5, 0.6) is 0 Å². The van der Waals surface area contributed by atoms with Crippen LogP contribution in [0.1, 0.15) is 5.69 Å². The third-order valence-corrected chi connectivity index (χ3v) is 3.81. The smallest absolute Gasteiger partial charge is 0.138 e. The quantitative estimate of drug-likeness (QED) is 0.713. The second kappa shape index (κ2) is 7.47. The summed E-state index contributed by atoms with van der Waals surface area (Å²) in [6.45, 7) is 0. The largest absolute Gasteiger partial charge is 0.341 e. The van der Waals surface area contributed by atoms with E-state index in [0.717, 1.165) is 34.1 Å². The molecule has 0 atom stereocenters. The Bertz CT molecular complexity index is 726. The minimum absolute atomic E-state index is 0. The number of thioether (sulfide) groups is 1. The predicted molar refractivity (Wildman–Crippen MR) is 93.9 cm³/mol. The van der Waals surface area contributed by atoms with Crippen LogP contribution in [0.15, 0.2) is 54.6 Å². The lowest BCUT2D eigenvalue weighted by Crippen LogP contribution is -1.85. The van der Waals surface area contributed by atoms with Crippen molar-refractivity contribution in [1.29, 1.82) is 0 Å². The van der Waals surface area contributed by atoms with Crippen LogP contribution in [0.3, 0.4) is 0 Å². The van der Waals surface area contributed by atoms with Gasteiger partial charge in [0.05, 0.1) is 11.4 Å². The summed E-state index contributed by atoms with van der Waals surface area (Å²) in [6.07, 6.45) is 2.06. The second-order valence-corrected chi connectivity index (χ2v) is 5.58. The zero-order valence-electron chi connectivity index (χ0n) is 12.0. The van der Waals surface area contributed by atoms with Gasteiger partial charge in [0.1, 0.15) is 11.6 Å². The minimum atomic E-state index is -0.238. The average Bonchev–Trinajstić information content (AvgIpc) is 2.93. The first-order chi connectivity index (χ1) is 10.3. The first-order valence-corrected chi connectivity index (χ1v) is 8.06. The van der Waals surface area contributed by atoms with Gasteiger partial charge in [0, 0.05) is 16.9 Å². The second-order valence-electron chi connectivity index (χ2n) is 4.72. The van der Waals surface area contributed by atoms with Gasteiger partial charge in [-0.2, -0.15) is 11.8 Å². The Balaban J connectivity index is 0.00000176. The highest BCUT2D eigenvalue weighted by molar-refractivity contribution is 7.97. The van der Waals surface area contributed by atoms with E-state index in [1.807, 2.05) is 18.2 Å². The summed E-state index contributed by atoms with van der Waals surface area (Å²) in [5, 5.41) is 0. The van der Waals surface area contributed by atoms with Crippen molar-refractivity contribution in [1.82, 2.24) is 9.97 Å². The van der Waals surface area contributed by atoms with Gasteiger partial charge < -0.3 is 4.98 Å². The molecule has 0 fully saturated rings.